The number of hydrogen-bond acceptors (Lipinski definition) is 5. The highest BCUT2D eigenvalue weighted by Gasteiger charge is 2.34. The maximum atomic E-state index is 12.0. The van der Waals surface area contributed by atoms with Crippen LogP contribution in [0, 0.1) is 0 Å². The Morgan fingerprint density at radius 3 is 3.00 bits per heavy atom. The molecule has 0 radical (unpaired) electrons. The van der Waals surface area contributed by atoms with Crippen molar-refractivity contribution in [2.75, 3.05) is 11.9 Å². The van der Waals surface area contributed by atoms with Gasteiger partial charge in [-0.25, -0.2) is 4.98 Å². The number of aromatic nitrogens is 3. The number of carbonyl (C=O) groups excluding carboxylic acids is 1. The molecular formula is C10H15N5O. The Balaban J connectivity index is 2.02. The molecule has 86 valence electrons. The van der Waals surface area contributed by atoms with Crippen molar-refractivity contribution in [2.24, 2.45) is 0 Å². The second kappa shape index (κ2) is 4.52. The van der Waals surface area contributed by atoms with Crippen molar-refractivity contribution in [3.8, 4) is 0 Å². The van der Waals surface area contributed by atoms with Crippen LogP contribution in [0.2, 0.25) is 0 Å². The van der Waals surface area contributed by atoms with Crippen molar-refractivity contribution in [1.29, 1.82) is 0 Å². The molecule has 0 aromatic carbocycles. The van der Waals surface area contributed by atoms with Gasteiger partial charge < -0.3 is 5.32 Å². The van der Waals surface area contributed by atoms with Gasteiger partial charge in [0.15, 0.2) is 0 Å². The fourth-order valence-corrected chi connectivity index (χ4v) is 1.79. The molecule has 1 aliphatic rings. The molecule has 0 bridgehead atoms. The third-order valence-corrected chi connectivity index (χ3v) is 2.83. The first-order valence-corrected chi connectivity index (χ1v) is 5.41. The van der Waals surface area contributed by atoms with Gasteiger partial charge >= 0.3 is 0 Å². The quantitative estimate of drug-likeness (QED) is 0.753. The zero-order valence-corrected chi connectivity index (χ0v) is 9.23. The van der Waals surface area contributed by atoms with Crippen LogP contribution < -0.4 is 10.6 Å². The van der Waals surface area contributed by atoms with Crippen LogP contribution >= 0.6 is 0 Å². The number of anilines is 1. The summed E-state index contributed by atoms with van der Waals surface area (Å²) in [4.78, 5) is 15.9. The highest BCUT2D eigenvalue weighted by molar-refractivity contribution is 5.96. The van der Waals surface area contributed by atoms with E-state index in [4.69, 9.17) is 0 Å². The van der Waals surface area contributed by atoms with Gasteiger partial charge in [0.05, 0.1) is 17.9 Å². The van der Waals surface area contributed by atoms with Crippen LogP contribution in [0.3, 0.4) is 0 Å². The summed E-state index contributed by atoms with van der Waals surface area (Å²) >= 11 is 0. The summed E-state index contributed by atoms with van der Waals surface area (Å²) in [5.41, 5.74) is -0.516. The number of carbonyl (C=O) groups is 1. The standard InChI is InChI=1S/C10H15N5O/c1-10(4-2-3-5-12-10)8(16)14-9-11-6-7-13-15-9/h6-7,12H,2-5H2,1H3,(H,11,14,15,16). The predicted molar refractivity (Wildman–Crippen MR) is 58.7 cm³/mol. The maximum absolute atomic E-state index is 12.0. The van der Waals surface area contributed by atoms with Gasteiger partial charge in [-0.2, -0.15) is 5.10 Å². The first-order valence-electron chi connectivity index (χ1n) is 5.41. The monoisotopic (exact) mass is 221 g/mol. The molecule has 1 aliphatic heterocycles. The summed E-state index contributed by atoms with van der Waals surface area (Å²) in [5.74, 6) is 0.154. The van der Waals surface area contributed by atoms with Crippen molar-refractivity contribution in [1.82, 2.24) is 20.5 Å². The molecule has 16 heavy (non-hydrogen) atoms. The maximum Gasteiger partial charge on any atom is 0.249 e. The van der Waals surface area contributed by atoms with Gasteiger partial charge in [0.25, 0.3) is 0 Å². The van der Waals surface area contributed by atoms with E-state index in [0.29, 0.717) is 0 Å². The lowest BCUT2D eigenvalue weighted by molar-refractivity contribution is -0.122. The number of amides is 1. The van der Waals surface area contributed by atoms with E-state index in [-0.39, 0.29) is 11.9 Å². The van der Waals surface area contributed by atoms with Gasteiger partial charge in [0, 0.05) is 0 Å². The van der Waals surface area contributed by atoms with E-state index in [9.17, 15) is 4.79 Å². The Hall–Kier alpha value is -1.56. The van der Waals surface area contributed by atoms with Gasteiger partial charge in [-0.1, -0.05) is 0 Å². The Bertz CT molecular complexity index is 361. The second-order valence-corrected chi connectivity index (χ2v) is 4.14. The molecule has 1 unspecified atom stereocenters. The zero-order chi connectivity index (χ0) is 11.4. The third-order valence-electron chi connectivity index (χ3n) is 2.83. The molecule has 2 heterocycles. The Kier molecular flexibility index (Phi) is 3.09. The second-order valence-electron chi connectivity index (χ2n) is 4.14. The van der Waals surface area contributed by atoms with Gasteiger partial charge in [-0.05, 0) is 32.7 Å². The van der Waals surface area contributed by atoms with Crippen LogP contribution in [0.15, 0.2) is 12.4 Å². The average molecular weight is 221 g/mol. The summed E-state index contributed by atoms with van der Waals surface area (Å²) in [7, 11) is 0. The molecule has 2 N–H and O–H groups in total. The Labute approximate surface area is 93.9 Å². The molecule has 0 spiro atoms. The highest BCUT2D eigenvalue weighted by Crippen LogP contribution is 2.19. The number of hydrogen-bond donors (Lipinski definition) is 2. The molecule has 6 heteroatoms. The first-order chi connectivity index (χ1) is 7.71. The van der Waals surface area contributed by atoms with Crippen LogP contribution in [0.25, 0.3) is 0 Å². The van der Waals surface area contributed by atoms with E-state index in [2.05, 4.69) is 25.8 Å². The summed E-state index contributed by atoms with van der Waals surface area (Å²) in [6.45, 7) is 2.77. The fraction of sp³-hybridized carbons (Fsp3) is 0.600. The van der Waals surface area contributed by atoms with Crippen LogP contribution in [-0.4, -0.2) is 33.2 Å². The van der Waals surface area contributed by atoms with Crippen LogP contribution in [0.1, 0.15) is 26.2 Å². The van der Waals surface area contributed by atoms with E-state index in [1.54, 1.807) is 0 Å². The minimum absolute atomic E-state index is 0.0970. The summed E-state index contributed by atoms with van der Waals surface area (Å²) < 4.78 is 0. The number of nitrogens with one attached hydrogen (secondary N) is 2. The van der Waals surface area contributed by atoms with Crippen molar-refractivity contribution < 1.29 is 4.79 Å². The molecule has 1 aromatic rings. The van der Waals surface area contributed by atoms with Crippen molar-refractivity contribution >= 4 is 11.9 Å². The van der Waals surface area contributed by atoms with Crippen LogP contribution in [-0.2, 0) is 4.79 Å². The normalized spacial score (nSPS) is 25.1. The smallest absolute Gasteiger partial charge is 0.249 e. The van der Waals surface area contributed by atoms with Crippen molar-refractivity contribution in [3.05, 3.63) is 12.4 Å². The first kappa shape index (κ1) is 10.9. The van der Waals surface area contributed by atoms with E-state index < -0.39 is 5.54 Å². The minimum atomic E-state index is -0.516. The lowest BCUT2D eigenvalue weighted by atomic mass is 9.90. The lowest BCUT2D eigenvalue weighted by Crippen LogP contribution is -2.54. The lowest BCUT2D eigenvalue weighted by Gasteiger charge is -2.32. The topological polar surface area (TPSA) is 79.8 Å². The molecule has 1 fully saturated rings. The van der Waals surface area contributed by atoms with E-state index >= 15 is 0 Å². The molecular weight excluding hydrogens is 206 g/mol. The largest absolute Gasteiger partial charge is 0.304 e. The number of piperidine rings is 1. The zero-order valence-electron chi connectivity index (χ0n) is 9.23. The molecule has 1 atom stereocenters. The summed E-state index contributed by atoms with van der Waals surface area (Å²) in [5, 5.41) is 13.3. The van der Waals surface area contributed by atoms with Gasteiger partial charge in [0.2, 0.25) is 11.9 Å². The fourth-order valence-electron chi connectivity index (χ4n) is 1.79. The molecule has 1 saturated heterocycles. The molecule has 0 saturated carbocycles. The predicted octanol–water partition coefficient (Wildman–Crippen LogP) is 0.342. The summed E-state index contributed by atoms with van der Waals surface area (Å²) in [6, 6.07) is 0. The minimum Gasteiger partial charge on any atom is -0.304 e. The SMILES string of the molecule is CC1(C(=O)Nc2nccnn2)CCCCN1. The molecule has 2 rings (SSSR count). The highest BCUT2D eigenvalue weighted by atomic mass is 16.2. The summed E-state index contributed by atoms with van der Waals surface area (Å²) in [6.07, 6.45) is 5.98. The number of nitrogens with zero attached hydrogens (tertiary/aromatic N) is 3. The van der Waals surface area contributed by atoms with Gasteiger partial charge in [-0.15, -0.1) is 5.10 Å². The molecule has 1 aromatic heterocycles. The Morgan fingerprint density at radius 1 is 1.50 bits per heavy atom. The third kappa shape index (κ3) is 2.33. The van der Waals surface area contributed by atoms with E-state index in [1.807, 2.05) is 6.92 Å². The Morgan fingerprint density at radius 2 is 2.38 bits per heavy atom. The van der Waals surface area contributed by atoms with Gasteiger partial charge in [0.1, 0.15) is 0 Å². The van der Waals surface area contributed by atoms with E-state index in [1.165, 1.54) is 12.4 Å². The van der Waals surface area contributed by atoms with Crippen molar-refractivity contribution in [3.63, 3.8) is 0 Å². The molecule has 0 aliphatic carbocycles. The molecule has 1 amide bonds. The molecule has 6 nitrogen and oxygen atoms in total. The number of rotatable bonds is 2. The van der Waals surface area contributed by atoms with E-state index in [0.717, 1.165) is 25.8 Å². The van der Waals surface area contributed by atoms with Crippen molar-refractivity contribution in [2.45, 2.75) is 31.7 Å². The average Bonchev–Trinajstić information content (AvgIpc) is 2.31. The van der Waals surface area contributed by atoms with Crippen LogP contribution in [0.5, 0.6) is 0 Å². The van der Waals surface area contributed by atoms with Crippen LogP contribution in [0.4, 0.5) is 5.95 Å². The van der Waals surface area contributed by atoms with Gasteiger partial charge in [-0.3, -0.25) is 10.1 Å².